The topological polar surface area (TPSA) is 131 Å². The molecule has 1 aliphatic rings. The predicted molar refractivity (Wildman–Crippen MR) is 71.6 cm³/mol. The number of nitrogens with zero attached hydrogens (tertiary/aromatic N) is 1. The van der Waals surface area contributed by atoms with Crippen molar-refractivity contribution in [1.29, 1.82) is 0 Å². The Morgan fingerprint density at radius 1 is 1.29 bits per heavy atom. The zero-order chi connectivity index (χ0) is 16.0. The molecule has 1 aliphatic heterocycles. The maximum Gasteiger partial charge on any atom is 0.326 e. The van der Waals surface area contributed by atoms with Gasteiger partial charge in [-0.25, -0.2) is 9.59 Å². The number of rotatable bonds is 7. The summed E-state index contributed by atoms with van der Waals surface area (Å²) >= 11 is 0. The molecule has 0 aliphatic carbocycles. The summed E-state index contributed by atoms with van der Waals surface area (Å²) in [5, 5.41) is 11.4. The summed E-state index contributed by atoms with van der Waals surface area (Å²) in [6.07, 6.45) is -0.672. The lowest BCUT2D eigenvalue weighted by Gasteiger charge is -2.20. The summed E-state index contributed by atoms with van der Waals surface area (Å²) in [7, 11) is 3.04. The molecule has 0 aromatic rings. The minimum atomic E-state index is -1.21. The molecular formula is C12H21N3O6. The summed E-state index contributed by atoms with van der Waals surface area (Å²) < 4.78 is 10.4. The van der Waals surface area contributed by atoms with E-state index in [2.05, 4.69) is 5.32 Å². The van der Waals surface area contributed by atoms with Crippen LogP contribution >= 0.6 is 0 Å². The van der Waals surface area contributed by atoms with Crippen molar-refractivity contribution in [3.8, 4) is 0 Å². The smallest absolute Gasteiger partial charge is 0.326 e. The van der Waals surface area contributed by atoms with Gasteiger partial charge in [0.05, 0.1) is 13.1 Å². The molecule has 0 radical (unpaired) electrons. The van der Waals surface area contributed by atoms with Crippen molar-refractivity contribution in [2.24, 2.45) is 5.73 Å². The van der Waals surface area contributed by atoms with Gasteiger partial charge >= 0.3 is 12.0 Å². The van der Waals surface area contributed by atoms with E-state index in [0.717, 1.165) is 0 Å². The third-order valence-corrected chi connectivity index (χ3v) is 3.38. The number of primary amides is 1. The summed E-state index contributed by atoms with van der Waals surface area (Å²) in [5.74, 6) is -1.83. The largest absolute Gasteiger partial charge is 0.480 e. The van der Waals surface area contributed by atoms with Crippen LogP contribution in [0.5, 0.6) is 0 Å². The van der Waals surface area contributed by atoms with E-state index in [1.807, 2.05) is 0 Å². The van der Waals surface area contributed by atoms with E-state index in [4.69, 9.17) is 20.3 Å². The zero-order valence-electron chi connectivity index (χ0n) is 12.1. The van der Waals surface area contributed by atoms with Crippen LogP contribution in [0.4, 0.5) is 4.79 Å². The van der Waals surface area contributed by atoms with E-state index >= 15 is 0 Å². The Balaban J connectivity index is 2.57. The van der Waals surface area contributed by atoms with Crippen LogP contribution in [0.3, 0.4) is 0 Å². The van der Waals surface area contributed by atoms with Crippen molar-refractivity contribution in [1.82, 2.24) is 10.2 Å². The van der Waals surface area contributed by atoms with Crippen molar-refractivity contribution in [2.45, 2.75) is 31.1 Å². The SMILES string of the molecule is COC1CN(C(=O)N[C@@H](CCC(N)=O)C(=O)O)CC1OC. The van der Waals surface area contributed by atoms with Crippen molar-refractivity contribution in [3.63, 3.8) is 0 Å². The first-order valence-electron chi connectivity index (χ1n) is 6.51. The van der Waals surface area contributed by atoms with Crippen LogP contribution in [-0.2, 0) is 19.1 Å². The molecule has 120 valence electrons. The van der Waals surface area contributed by atoms with Gasteiger partial charge in [0, 0.05) is 20.6 Å². The van der Waals surface area contributed by atoms with E-state index in [-0.39, 0.29) is 25.0 Å². The van der Waals surface area contributed by atoms with Crippen LogP contribution in [0.1, 0.15) is 12.8 Å². The van der Waals surface area contributed by atoms with Crippen molar-refractivity contribution in [2.75, 3.05) is 27.3 Å². The van der Waals surface area contributed by atoms with Gasteiger partial charge in [-0.2, -0.15) is 0 Å². The second-order valence-electron chi connectivity index (χ2n) is 4.80. The Labute approximate surface area is 122 Å². The van der Waals surface area contributed by atoms with Gasteiger partial charge in [0.1, 0.15) is 18.2 Å². The van der Waals surface area contributed by atoms with Crippen molar-refractivity contribution in [3.05, 3.63) is 0 Å². The Kier molecular flexibility index (Phi) is 6.38. The van der Waals surface area contributed by atoms with Crippen LogP contribution in [-0.4, -0.2) is 73.5 Å². The number of carbonyl (C=O) groups is 3. The van der Waals surface area contributed by atoms with E-state index in [0.29, 0.717) is 13.1 Å². The predicted octanol–water partition coefficient (Wildman–Crippen LogP) is -1.24. The molecule has 1 saturated heterocycles. The summed E-state index contributed by atoms with van der Waals surface area (Å²) in [6.45, 7) is 0.617. The van der Waals surface area contributed by atoms with Crippen LogP contribution < -0.4 is 11.1 Å². The number of hydrogen-bond acceptors (Lipinski definition) is 5. The van der Waals surface area contributed by atoms with Gasteiger partial charge in [-0.15, -0.1) is 0 Å². The number of aliphatic carboxylic acids is 1. The molecule has 1 fully saturated rings. The third kappa shape index (κ3) is 4.87. The molecule has 0 bridgehead atoms. The Morgan fingerprint density at radius 3 is 2.19 bits per heavy atom. The molecule has 3 atom stereocenters. The summed E-state index contributed by atoms with van der Waals surface area (Å²) in [6, 6.07) is -1.69. The zero-order valence-corrected chi connectivity index (χ0v) is 12.1. The minimum absolute atomic E-state index is 0.0499. The number of carboxylic acid groups (broad SMARTS) is 1. The molecule has 1 rings (SSSR count). The quantitative estimate of drug-likeness (QED) is 0.539. The number of hydrogen-bond donors (Lipinski definition) is 3. The number of carboxylic acids is 1. The average Bonchev–Trinajstić information content (AvgIpc) is 2.85. The first-order chi connectivity index (χ1) is 9.88. The molecule has 0 aromatic carbocycles. The highest BCUT2D eigenvalue weighted by molar-refractivity contribution is 5.83. The molecule has 0 aromatic heterocycles. The third-order valence-electron chi connectivity index (χ3n) is 3.38. The minimum Gasteiger partial charge on any atom is -0.480 e. The molecule has 9 heteroatoms. The van der Waals surface area contributed by atoms with Crippen LogP contribution in [0.15, 0.2) is 0 Å². The first-order valence-corrected chi connectivity index (χ1v) is 6.51. The molecule has 4 N–H and O–H groups in total. The number of likely N-dealkylation sites (tertiary alicyclic amines) is 1. The molecule has 0 spiro atoms. The monoisotopic (exact) mass is 303 g/mol. The highest BCUT2D eigenvalue weighted by atomic mass is 16.5. The van der Waals surface area contributed by atoms with Gasteiger partial charge in [-0.1, -0.05) is 0 Å². The lowest BCUT2D eigenvalue weighted by Crippen LogP contribution is -2.48. The Bertz CT molecular complexity index is 390. The normalized spacial score (nSPS) is 22.9. The molecule has 1 heterocycles. The number of ether oxygens (including phenoxy) is 2. The molecule has 21 heavy (non-hydrogen) atoms. The van der Waals surface area contributed by atoms with E-state index < -0.39 is 23.9 Å². The van der Waals surface area contributed by atoms with Gasteiger partial charge in [0.15, 0.2) is 0 Å². The fourth-order valence-electron chi connectivity index (χ4n) is 2.15. The Hall–Kier alpha value is -1.87. The number of carbonyl (C=O) groups excluding carboxylic acids is 2. The number of nitrogens with two attached hydrogens (primary N) is 1. The van der Waals surface area contributed by atoms with Gasteiger partial charge in [0.25, 0.3) is 0 Å². The summed E-state index contributed by atoms with van der Waals surface area (Å²) in [4.78, 5) is 35.2. The average molecular weight is 303 g/mol. The highest BCUT2D eigenvalue weighted by Crippen LogP contribution is 2.16. The Morgan fingerprint density at radius 2 is 1.81 bits per heavy atom. The maximum atomic E-state index is 12.1. The molecule has 9 nitrogen and oxygen atoms in total. The number of methoxy groups -OCH3 is 2. The number of amides is 3. The lowest BCUT2D eigenvalue weighted by atomic mass is 10.1. The van der Waals surface area contributed by atoms with E-state index in [9.17, 15) is 14.4 Å². The molecule has 2 unspecified atom stereocenters. The van der Waals surface area contributed by atoms with Crippen LogP contribution in [0, 0.1) is 0 Å². The lowest BCUT2D eigenvalue weighted by molar-refractivity contribution is -0.139. The van der Waals surface area contributed by atoms with Gasteiger partial charge in [-0.05, 0) is 6.42 Å². The fraction of sp³-hybridized carbons (Fsp3) is 0.750. The highest BCUT2D eigenvalue weighted by Gasteiger charge is 2.36. The van der Waals surface area contributed by atoms with Crippen LogP contribution in [0.2, 0.25) is 0 Å². The van der Waals surface area contributed by atoms with E-state index in [1.165, 1.54) is 19.1 Å². The summed E-state index contributed by atoms with van der Waals surface area (Å²) in [5.41, 5.74) is 4.98. The molecule has 0 saturated carbocycles. The second-order valence-corrected chi connectivity index (χ2v) is 4.80. The molecular weight excluding hydrogens is 282 g/mol. The number of nitrogens with one attached hydrogen (secondary N) is 1. The second kappa shape index (κ2) is 7.79. The molecule has 3 amide bonds. The fourth-order valence-corrected chi connectivity index (χ4v) is 2.15. The number of urea groups is 1. The first kappa shape index (κ1) is 17.2. The van der Waals surface area contributed by atoms with Gasteiger partial charge in [-0.3, -0.25) is 4.79 Å². The van der Waals surface area contributed by atoms with Crippen molar-refractivity contribution >= 4 is 17.9 Å². The van der Waals surface area contributed by atoms with Gasteiger partial charge < -0.3 is 30.5 Å². The van der Waals surface area contributed by atoms with E-state index in [1.54, 1.807) is 0 Å². The van der Waals surface area contributed by atoms with Gasteiger partial charge in [0.2, 0.25) is 5.91 Å². The maximum absolute atomic E-state index is 12.1. The van der Waals surface area contributed by atoms with Crippen molar-refractivity contribution < 1.29 is 29.0 Å². The van der Waals surface area contributed by atoms with Crippen LogP contribution in [0.25, 0.3) is 0 Å². The standard InChI is InChI=1S/C12H21N3O6/c1-20-8-5-15(6-9(8)21-2)12(19)14-7(11(17)18)3-4-10(13)16/h7-9H,3-6H2,1-2H3,(H2,13,16)(H,14,19)(H,17,18)/t7-,8?,9?/m0/s1.